The lowest BCUT2D eigenvalue weighted by Crippen LogP contribution is -2.16. The van der Waals surface area contributed by atoms with E-state index in [9.17, 15) is 35.5 Å². The number of esters is 1. The Labute approximate surface area is 198 Å². The maximum absolute atomic E-state index is 14.7. The van der Waals surface area contributed by atoms with Gasteiger partial charge in [-0.2, -0.15) is 8.78 Å². The summed E-state index contributed by atoms with van der Waals surface area (Å²) in [6, 6.07) is 5.57. The van der Waals surface area contributed by atoms with Gasteiger partial charge in [0.1, 0.15) is 0 Å². The van der Waals surface area contributed by atoms with Gasteiger partial charge in [0.2, 0.25) is 34.8 Å². The minimum Gasteiger partial charge on any atom is -0.416 e. The van der Waals surface area contributed by atoms with Crippen LogP contribution in [0.1, 0.15) is 35.3 Å². The highest BCUT2D eigenvalue weighted by atomic mass is 79.9. The number of anilines is 2. The van der Waals surface area contributed by atoms with E-state index in [4.69, 9.17) is 0 Å². The zero-order chi connectivity index (χ0) is 25.9. The molecule has 0 fully saturated rings. The number of nitrogens with one attached hydrogen (secondary N) is 1. The van der Waals surface area contributed by atoms with Gasteiger partial charge in [-0.1, -0.05) is 31.5 Å². The van der Waals surface area contributed by atoms with Crippen molar-refractivity contribution in [2.24, 2.45) is 0 Å². The molecule has 3 aromatic carbocycles. The summed E-state index contributed by atoms with van der Waals surface area (Å²) in [5.41, 5.74) is 0.126. The number of hydrogen-bond acceptors (Lipinski definition) is 3. The number of carbonyl (C=O) groups is 1. The number of hydrogen-bond donors (Lipinski definition) is 1. The molecule has 0 aliphatic rings. The van der Waals surface area contributed by atoms with Crippen molar-refractivity contribution >= 4 is 33.3 Å². The van der Waals surface area contributed by atoms with E-state index in [-0.39, 0.29) is 5.69 Å². The molecular formula is C23H17BrF7NO2. The van der Waals surface area contributed by atoms with E-state index >= 15 is 0 Å². The van der Waals surface area contributed by atoms with Crippen molar-refractivity contribution < 1.29 is 40.3 Å². The van der Waals surface area contributed by atoms with Gasteiger partial charge in [0.25, 0.3) is 0 Å². The first-order chi connectivity index (χ1) is 15.9. The normalized spacial score (nSPS) is 10.5. The average Bonchev–Trinajstić information content (AvgIpc) is 2.82. The van der Waals surface area contributed by atoms with Crippen LogP contribution in [-0.4, -0.2) is 5.97 Å². The Kier molecular flexibility index (Phi) is 8.71. The highest BCUT2D eigenvalue weighted by molar-refractivity contribution is 9.10. The van der Waals surface area contributed by atoms with E-state index < -0.39 is 68.2 Å². The first kappa shape index (κ1) is 27.2. The van der Waals surface area contributed by atoms with Gasteiger partial charge >= 0.3 is 5.97 Å². The van der Waals surface area contributed by atoms with Crippen molar-refractivity contribution in [2.45, 2.75) is 27.7 Å². The Balaban J connectivity index is 0.00000199. The number of carbonyl (C=O) groups excluding carboxylic acids is 1. The van der Waals surface area contributed by atoms with E-state index in [1.807, 2.05) is 13.8 Å². The van der Waals surface area contributed by atoms with Crippen LogP contribution in [0.3, 0.4) is 0 Å². The van der Waals surface area contributed by atoms with Crippen molar-refractivity contribution in [3.8, 4) is 5.75 Å². The highest BCUT2D eigenvalue weighted by Crippen LogP contribution is 2.35. The molecule has 3 rings (SSSR count). The molecule has 3 nitrogen and oxygen atoms in total. The van der Waals surface area contributed by atoms with Crippen LogP contribution in [0.2, 0.25) is 0 Å². The van der Waals surface area contributed by atoms with Crippen molar-refractivity contribution in [1.29, 1.82) is 0 Å². The maximum Gasteiger partial charge on any atom is 0.346 e. The van der Waals surface area contributed by atoms with Gasteiger partial charge in [-0.25, -0.2) is 26.7 Å². The SMILES string of the molecule is CC.Cc1ccc(Nc2c(C(=O)Oc3c(F)c(F)c(F)c(F)c3F)cc(Br)c(F)c2F)c(C)c1. The monoisotopic (exact) mass is 551 g/mol. The van der Waals surface area contributed by atoms with Gasteiger partial charge in [0.15, 0.2) is 11.6 Å². The molecule has 0 aromatic heterocycles. The van der Waals surface area contributed by atoms with E-state index in [2.05, 4.69) is 26.0 Å². The number of benzene rings is 3. The Bertz CT molecular complexity index is 1240. The lowest BCUT2D eigenvalue weighted by molar-refractivity contribution is 0.0716. The molecule has 0 spiro atoms. The van der Waals surface area contributed by atoms with E-state index in [1.54, 1.807) is 26.0 Å². The Hall–Kier alpha value is -3.08. The summed E-state index contributed by atoms with van der Waals surface area (Å²) in [6.45, 7) is 7.42. The molecule has 0 amide bonds. The number of rotatable bonds is 4. The smallest absolute Gasteiger partial charge is 0.346 e. The summed E-state index contributed by atoms with van der Waals surface area (Å²) in [5.74, 6) is -18.5. The molecule has 182 valence electrons. The molecule has 0 heterocycles. The standard InChI is InChI=1S/C21H11BrF7NO2.C2H6/c1-7-3-4-11(8(2)5-7)30-19-9(6-10(22)12(23)16(19)27)21(31)32-20-17(28)14(25)13(24)15(26)18(20)29;1-2/h3-6,30H,1-2H3;1-2H3. The molecule has 0 aliphatic carbocycles. The second-order valence-corrected chi connectivity index (χ2v) is 7.50. The van der Waals surface area contributed by atoms with Crippen LogP contribution in [0.4, 0.5) is 42.1 Å². The number of aryl methyl sites for hydroxylation is 2. The molecule has 3 aromatic rings. The summed E-state index contributed by atoms with van der Waals surface area (Å²) < 4.78 is 100. The van der Waals surface area contributed by atoms with Crippen LogP contribution in [0.5, 0.6) is 5.75 Å². The van der Waals surface area contributed by atoms with Gasteiger partial charge in [-0.05, 0) is 47.5 Å². The molecule has 0 saturated heterocycles. The van der Waals surface area contributed by atoms with Crippen LogP contribution in [0.25, 0.3) is 0 Å². The summed E-state index contributed by atoms with van der Waals surface area (Å²) >= 11 is 2.69. The fourth-order valence-corrected chi connectivity index (χ4v) is 3.19. The fourth-order valence-electron chi connectivity index (χ4n) is 2.79. The maximum atomic E-state index is 14.7. The van der Waals surface area contributed by atoms with Crippen molar-refractivity contribution in [2.75, 3.05) is 5.32 Å². The summed E-state index contributed by atoms with van der Waals surface area (Å²) in [5, 5.41) is 2.50. The second kappa shape index (κ2) is 10.9. The first-order valence-corrected chi connectivity index (χ1v) is 10.5. The molecule has 11 heteroatoms. The van der Waals surface area contributed by atoms with Crippen LogP contribution >= 0.6 is 15.9 Å². The van der Waals surface area contributed by atoms with Gasteiger partial charge in [-0.15, -0.1) is 0 Å². The summed E-state index contributed by atoms with van der Waals surface area (Å²) in [7, 11) is 0. The van der Waals surface area contributed by atoms with Gasteiger partial charge < -0.3 is 10.1 Å². The second-order valence-electron chi connectivity index (χ2n) is 6.64. The third-order valence-electron chi connectivity index (χ3n) is 4.39. The minimum atomic E-state index is -2.45. The van der Waals surface area contributed by atoms with Crippen molar-refractivity contribution in [1.82, 2.24) is 0 Å². The van der Waals surface area contributed by atoms with E-state index in [0.717, 1.165) is 11.6 Å². The van der Waals surface area contributed by atoms with Crippen LogP contribution in [0, 0.1) is 54.6 Å². The first-order valence-electron chi connectivity index (χ1n) is 9.69. The van der Waals surface area contributed by atoms with Gasteiger partial charge in [0.05, 0.1) is 15.7 Å². The Morgan fingerprint density at radius 3 is 1.85 bits per heavy atom. The average molecular weight is 552 g/mol. The quantitative estimate of drug-likeness (QED) is 0.117. The van der Waals surface area contributed by atoms with Crippen molar-refractivity contribution in [3.63, 3.8) is 0 Å². The molecule has 34 heavy (non-hydrogen) atoms. The fraction of sp³-hybridized carbons (Fsp3) is 0.174. The summed E-state index contributed by atoms with van der Waals surface area (Å²) in [4.78, 5) is 12.5. The van der Waals surface area contributed by atoms with Crippen molar-refractivity contribution in [3.05, 3.63) is 86.1 Å². The van der Waals surface area contributed by atoms with E-state index in [1.165, 1.54) is 6.07 Å². The Morgan fingerprint density at radius 2 is 1.32 bits per heavy atom. The number of halogens is 8. The lowest BCUT2D eigenvalue weighted by Gasteiger charge is -2.16. The zero-order valence-corrected chi connectivity index (χ0v) is 19.7. The predicted octanol–water partition coefficient (Wildman–Crippen LogP) is 8.03. The molecule has 0 atom stereocenters. The lowest BCUT2D eigenvalue weighted by atomic mass is 10.1. The van der Waals surface area contributed by atoms with Crippen LogP contribution in [-0.2, 0) is 0 Å². The number of ether oxygens (including phenoxy) is 1. The molecule has 1 N–H and O–H groups in total. The molecular weight excluding hydrogens is 535 g/mol. The predicted molar refractivity (Wildman–Crippen MR) is 116 cm³/mol. The third-order valence-corrected chi connectivity index (χ3v) is 4.97. The van der Waals surface area contributed by atoms with Gasteiger partial charge in [0, 0.05) is 5.69 Å². The van der Waals surface area contributed by atoms with E-state index in [0.29, 0.717) is 5.56 Å². The Morgan fingerprint density at radius 1 is 0.794 bits per heavy atom. The minimum absolute atomic E-state index is 0.251. The molecule has 0 radical (unpaired) electrons. The molecule has 0 bridgehead atoms. The topological polar surface area (TPSA) is 38.3 Å². The van der Waals surface area contributed by atoms with Gasteiger partial charge in [-0.3, -0.25) is 0 Å². The molecule has 0 unspecified atom stereocenters. The van der Waals surface area contributed by atoms with Crippen LogP contribution in [0.15, 0.2) is 28.7 Å². The van der Waals surface area contributed by atoms with Crippen LogP contribution < -0.4 is 10.1 Å². The zero-order valence-electron chi connectivity index (χ0n) is 18.1. The molecule has 0 saturated carbocycles. The third kappa shape index (κ3) is 5.19. The largest absolute Gasteiger partial charge is 0.416 e. The highest BCUT2D eigenvalue weighted by Gasteiger charge is 2.31. The summed E-state index contributed by atoms with van der Waals surface area (Å²) in [6.07, 6.45) is 0. The molecule has 0 aliphatic heterocycles.